The van der Waals surface area contributed by atoms with Gasteiger partial charge in [0.1, 0.15) is 6.07 Å². The van der Waals surface area contributed by atoms with E-state index in [0.29, 0.717) is 6.04 Å². The molecule has 2 heterocycles. The predicted molar refractivity (Wildman–Crippen MR) is 113 cm³/mol. The summed E-state index contributed by atoms with van der Waals surface area (Å²) in [6, 6.07) is 23.0. The number of benzene rings is 2. The Morgan fingerprint density at radius 1 is 1.00 bits per heavy atom. The highest BCUT2D eigenvalue weighted by molar-refractivity contribution is 5.96. The molecule has 0 bridgehead atoms. The van der Waals surface area contributed by atoms with E-state index in [0.717, 1.165) is 57.5 Å². The van der Waals surface area contributed by atoms with E-state index in [1.165, 1.54) is 6.42 Å². The van der Waals surface area contributed by atoms with Crippen LogP contribution in [0.5, 0.6) is 0 Å². The van der Waals surface area contributed by atoms with Gasteiger partial charge in [-0.05, 0) is 55.2 Å². The molecule has 28 heavy (non-hydrogen) atoms. The number of aromatic nitrogens is 2. The largest absolute Gasteiger partial charge is 0.399 e. The van der Waals surface area contributed by atoms with Crippen molar-refractivity contribution >= 4 is 16.6 Å². The molecule has 0 unspecified atom stereocenters. The fraction of sp³-hybridized carbons (Fsp3) is 0.167. The van der Waals surface area contributed by atoms with Crippen molar-refractivity contribution in [3.63, 3.8) is 0 Å². The summed E-state index contributed by atoms with van der Waals surface area (Å²) in [5.74, 6) is 0. The van der Waals surface area contributed by atoms with E-state index in [1.54, 1.807) is 0 Å². The Labute approximate surface area is 163 Å². The number of nitrogens with zero attached hydrogens (tertiary/aromatic N) is 3. The third-order valence-corrected chi connectivity index (χ3v) is 5.70. The maximum absolute atomic E-state index is 10.0. The van der Waals surface area contributed by atoms with Crippen molar-refractivity contribution in [1.82, 2.24) is 9.55 Å². The smallest absolute Gasteiger partial charge is 0.102 e. The molecule has 2 aromatic heterocycles. The predicted octanol–water partition coefficient (Wildman–Crippen LogP) is 5.55. The Morgan fingerprint density at radius 3 is 2.43 bits per heavy atom. The van der Waals surface area contributed by atoms with Crippen molar-refractivity contribution in [3.05, 3.63) is 72.4 Å². The van der Waals surface area contributed by atoms with E-state index < -0.39 is 0 Å². The minimum atomic E-state index is 0.427. The Balaban J connectivity index is 1.81. The van der Waals surface area contributed by atoms with Crippen LogP contribution in [0.3, 0.4) is 0 Å². The van der Waals surface area contributed by atoms with E-state index in [-0.39, 0.29) is 0 Å². The summed E-state index contributed by atoms with van der Waals surface area (Å²) in [7, 11) is 0. The summed E-state index contributed by atoms with van der Waals surface area (Å²) in [6.45, 7) is 0. The molecule has 1 saturated carbocycles. The Kier molecular flexibility index (Phi) is 3.87. The quantitative estimate of drug-likeness (QED) is 0.485. The number of nitriles is 1. The lowest BCUT2D eigenvalue weighted by Crippen LogP contribution is -2.17. The van der Waals surface area contributed by atoms with Crippen LogP contribution in [0, 0.1) is 11.3 Å². The first-order valence-corrected chi connectivity index (χ1v) is 9.61. The van der Waals surface area contributed by atoms with Gasteiger partial charge in [0, 0.05) is 28.9 Å². The topological polar surface area (TPSA) is 67.6 Å². The molecule has 1 fully saturated rings. The monoisotopic (exact) mass is 364 g/mol. The van der Waals surface area contributed by atoms with Crippen LogP contribution in [-0.2, 0) is 0 Å². The van der Waals surface area contributed by atoms with Gasteiger partial charge in [-0.2, -0.15) is 5.26 Å². The van der Waals surface area contributed by atoms with Crippen LogP contribution < -0.4 is 5.73 Å². The van der Waals surface area contributed by atoms with Crippen molar-refractivity contribution in [3.8, 4) is 28.6 Å². The molecule has 4 heteroatoms. The highest BCUT2D eigenvalue weighted by atomic mass is 15.0. The number of nitrogens with two attached hydrogens (primary N) is 1. The van der Waals surface area contributed by atoms with Crippen LogP contribution in [0.15, 0.2) is 66.9 Å². The number of rotatable bonds is 3. The molecule has 0 atom stereocenters. The lowest BCUT2D eigenvalue weighted by molar-refractivity contribution is 0.324. The number of pyridine rings is 1. The fourth-order valence-corrected chi connectivity index (χ4v) is 4.07. The molecule has 4 nitrogen and oxygen atoms in total. The SMILES string of the molecule is N#Cc1c(-c2ccc(N)cc2)n(C2CCC2)c2cc(-c3ccccn3)ccc12. The first-order chi connectivity index (χ1) is 13.8. The Hall–Kier alpha value is -3.58. The molecule has 0 aliphatic heterocycles. The summed E-state index contributed by atoms with van der Waals surface area (Å²) in [4.78, 5) is 4.49. The van der Waals surface area contributed by atoms with Crippen molar-refractivity contribution in [1.29, 1.82) is 5.26 Å². The van der Waals surface area contributed by atoms with Crippen molar-refractivity contribution < 1.29 is 0 Å². The second kappa shape index (κ2) is 6.54. The summed E-state index contributed by atoms with van der Waals surface area (Å²) >= 11 is 0. The maximum atomic E-state index is 10.0. The maximum Gasteiger partial charge on any atom is 0.102 e. The molecule has 136 valence electrons. The van der Waals surface area contributed by atoms with Crippen LogP contribution in [0.4, 0.5) is 5.69 Å². The van der Waals surface area contributed by atoms with Crippen LogP contribution in [0.1, 0.15) is 30.9 Å². The van der Waals surface area contributed by atoms with Crippen molar-refractivity contribution in [2.45, 2.75) is 25.3 Å². The molecule has 4 aromatic rings. The number of nitrogen functional groups attached to an aromatic ring is 1. The molecule has 2 aromatic carbocycles. The van der Waals surface area contributed by atoms with Crippen LogP contribution in [0.25, 0.3) is 33.4 Å². The van der Waals surface area contributed by atoms with Gasteiger partial charge in [0.25, 0.3) is 0 Å². The molecular weight excluding hydrogens is 344 g/mol. The Morgan fingerprint density at radius 2 is 1.79 bits per heavy atom. The second-order valence-electron chi connectivity index (χ2n) is 7.36. The summed E-state index contributed by atoms with van der Waals surface area (Å²) in [5.41, 5.74) is 12.5. The number of hydrogen-bond donors (Lipinski definition) is 1. The van der Waals surface area contributed by atoms with Crippen molar-refractivity contribution in [2.75, 3.05) is 5.73 Å². The molecule has 0 spiro atoms. The molecule has 0 amide bonds. The van der Waals surface area contributed by atoms with Crippen molar-refractivity contribution in [2.24, 2.45) is 0 Å². The summed E-state index contributed by atoms with van der Waals surface area (Å²) in [6.07, 6.45) is 5.33. The van der Waals surface area contributed by atoms with Gasteiger partial charge >= 0.3 is 0 Å². The fourth-order valence-electron chi connectivity index (χ4n) is 4.07. The van der Waals surface area contributed by atoms with E-state index >= 15 is 0 Å². The van der Waals surface area contributed by atoms with Gasteiger partial charge < -0.3 is 10.3 Å². The van der Waals surface area contributed by atoms with Gasteiger partial charge in [-0.15, -0.1) is 0 Å². The third kappa shape index (κ3) is 2.56. The average molecular weight is 364 g/mol. The highest BCUT2D eigenvalue weighted by Gasteiger charge is 2.27. The number of fused-ring (bicyclic) bond motifs is 1. The van der Waals surface area contributed by atoms with E-state index in [2.05, 4.69) is 33.8 Å². The number of hydrogen-bond acceptors (Lipinski definition) is 3. The minimum Gasteiger partial charge on any atom is -0.399 e. The molecular formula is C24H20N4. The Bertz CT molecular complexity index is 1190. The van der Waals surface area contributed by atoms with Gasteiger partial charge in [0.15, 0.2) is 0 Å². The molecule has 2 N–H and O–H groups in total. The van der Waals surface area contributed by atoms with Gasteiger partial charge in [-0.1, -0.05) is 30.3 Å². The normalized spacial score (nSPS) is 14.0. The molecule has 0 saturated heterocycles. The average Bonchev–Trinajstić information content (AvgIpc) is 3.01. The minimum absolute atomic E-state index is 0.427. The second-order valence-corrected chi connectivity index (χ2v) is 7.36. The summed E-state index contributed by atoms with van der Waals surface area (Å²) < 4.78 is 2.37. The van der Waals surface area contributed by atoms with E-state index in [9.17, 15) is 5.26 Å². The lowest BCUT2D eigenvalue weighted by Gasteiger charge is -2.30. The molecule has 1 aliphatic rings. The highest BCUT2D eigenvalue weighted by Crippen LogP contribution is 2.43. The third-order valence-electron chi connectivity index (χ3n) is 5.70. The van der Waals surface area contributed by atoms with Crippen LogP contribution in [0.2, 0.25) is 0 Å². The molecule has 1 aliphatic carbocycles. The molecule has 5 rings (SSSR count). The zero-order valence-corrected chi connectivity index (χ0v) is 15.5. The lowest BCUT2D eigenvalue weighted by atomic mass is 9.92. The van der Waals surface area contributed by atoms with Crippen LogP contribution >= 0.6 is 0 Å². The standard InChI is InChI=1S/C24H20N4/c25-15-21-20-12-9-17(22-6-1-2-13-27-22)14-23(20)28(19-4-3-5-19)24(21)16-7-10-18(26)11-8-16/h1-2,6-14,19H,3-5,26H2. The van der Waals surface area contributed by atoms with Gasteiger partial charge in [-0.25, -0.2) is 0 Å². The van der Waals surface area contributed by atoms with Gasteiger partial charge in [0.2, 0.25) is 0 Å². The molecule has 0 radical (unpaired) electrons. The zero-order valence-electron chi connectivity index (χ0n) is 15.5. The van der Waals surface area contributed by atoms with E-state index in [4.69, 9.17) is 5.73 Å². The summed E-state index contributed by atoms with van der Waals surface area (Å²) in [5, 5.41) is 11.0. The first-order valence-electron chi connectivity index (χ1n) is 9.61. The zero-order chi connectivity index (χ0) is 19.1. The van der Waals surface area contributed by atoms with Crippen LogP contribution in [-0.4, -0.2) is 9.55 Å². The number of anilines is 1. The van der Waals surface area contributed by atoms with Gasteiger partial charge in [-0.3, -0.25) is 4.98 Å². The van der Waals surface area contributed by atoms with Gasteiger partial charge in [0.05, 0.1) is 22.5 Å². The van der Waals surface area contributed by atoms with E-state index in [1.807, 2.05) is 48.7 Å². The first kappa shape index (κ1) is 16.6.